The van der Waals surface area contributed by atoms with Gasteiger partial charge in [0, 0.05) is 13.0 Å². The molecule has 0 aliphatic heterocycles. The molecule has 0 aliphatic rings. The van der Waals surface area contributed by atoms with Gasteiger partial charge in [-0.15, -0.1) is 6.42 Å². The predicted octanol–water partition coefficient (Wildman–Crippen LogP) is 1.07. The average molecular weight is 220 g/mol. The minimum Gasteiger partial charge on any atom is -0.468 e. The lowest BCUT2D eigenvalue weighted by atomic mass is 10.2. The second-order valence-electron chi connectivity index (χ2n) is 3.42. The highest BCUT2D eigenvalue weighted by Crippen LogP contribution is 2.11. The van der Waals surface area contributed by atoms with E-state index in [1.54, 1.807) is 6.26 Å². The largest absolute Gasteiger partial charge is 0.468 e. The molecule has 0 bridgehead atoms. The van der Waals surface area contributed by atoms with E-state index in [1.807, 2.05) is 19.1 Å². The Morgan fingerprint density at radius 3 is 3.12 bits per heavy atom. The average Bonchev–Trinajstić information content (AvgIpc) is 2.79. The molecule has 86 valence electrons. The van der Waals surface area contributed by atoms with Gasteiger partial charge in [-0.2, -0.15) is 0 Å². The Morgan fingerprint density at radius 2 is 2.50 bits per heavy atom. The molecule has 1 unspecified atom stereocenters. The molecule has 1 heterocycles. The summed E-state index contributed by atoms with van der Waals surface area (Å²) in [4.78, 5) is 11.2. The van der Waals surface area contributed by atoms with Gasteiger partial charge in [0.1, 0.15) is 5.76 Å². The van der Waals surface area contributed by atoms with Crippen LogP contribution in [0.3, 0.4) is 0 Å². The molecule has 1 atom stereocenters. The molecule has 0 radical (unpaired) electrons. The van der Waals surface area contributed by atoms with Crippen LogP contribution in [0, 0.1) is 12.3 Å². The van der Waals surface area contributed by atoms with Crippen LogP contribution in [0.25, 0.3) is 0 Å². The van der Waals surface area contributed by atoms with Gasteiger partial charge in [-0.3, -0.25) is 4.79 Å². The fourth-order valence-corrected chi connectivity index (χ4v) is 1.28. The molecule has 1 amide bonds. The Balaban J connectivity index is 2.16. The van der Waals surface area contributed by atoms with Crippen molar-refractivity contribution in [3.8, 4) is 12.3 Å². The highest BCUT2D eigenvalue weighted by Gasteiger charge is 2.07. The third-order valence-corrected chi connectivity index (χ3v) is 2.16. The number of rotatable bonds is 6. The maximum atomic E-state index is 11.2. The van der Waals surface area contributed by atoms with Crippen LogP contribution in [-0.2, 0) is 4.79 Å². The first kappa shape index (κ1) is 12.3. The smallest absolute Gasteiger partial charge is 0.222 e. The number of hydrogen-bond donors (Lipinski definition) is 2. The van der Waals surface area contributed by atoms with E-state index in [2.05, 4.69) is 16.6 Å². The zero-order chi connectivity index (χ0) is 11.8. The minimum atomic E-state index is -0.0444. The minimum absolute atomic E-state index is 0.0444. The SMILES string of the molecule is C#CCNC(=O)CCNC(C)c1ccco1. The second kappa shape index (κ2) is 6.70. The van der Waals surface area contributed by atoms with E-state index in [0.29, 0.717) is 13.0 Å². The molecule has 0 aromatic carbocycles. The molecule has 0 spiro atoms. The molecule has 0 aliphatic carbocycles. The fraction of sp³-hybridized carbons (Fsp3) is 0.417. The van der Waals surface area contributed by atoms with Gasteiger partial charge in [0.2, 0.25) is 5.91 Å². The predicted molar refractivity (Wildman–Crippen MR) is 61.6 cm³/mol. The molecule has 1 aromatic rings. The van der Waals surface area contributed by atoms with Gasteiger partial charge in [0.15, 0.2) is 0 Å². The maximum absolute atomic E-state index is 11.2. The Kier molecular flexibility index (Phi) is 5.17. The van der Waals surface area contributed by atoms with Gasteiger partial charge in [-0.05, 0) is 19.1 Å². The molecule has 2 N–H and O–H groups in total. The molecule has 4 heteroatoms. The van der Waals surface area contributed by atoms with Gasteiger partial charge < -0.3 is 15.1 Å². The lowest BCUT2D eigenvalue weighted by Gasteiger charge is -2.10. The number of furan rings is 1. The molecule has 16 heavy (non-hydrogen) atoms. The zero-order valence-corrected chi connectivity index (χ0v) is 9.32. The Labute approximate surface area is 95.4 Å². The highest BCUT2D eigenvalue weighted by atomic mass is 16.3. The Bertz CT molecular complexity index is 352. The molecule has 0 fully saturated rings. The van der Waals surface area contributed by atoms with Crippen LogP contribution in [0.5, 0.6) is 0 Å². The van der Waals surface area contributed by atoms with Crippen LogP contribution in [0.4, 0.5) is 0 Å². The lowest BCUT2D eigenvalue weighted by Crippen LogP contribution is -2.28. The zero-order valence-electron chi connectivity index (χ0n) is 9.32. The van der Waals surface area contributed by atoms with Crippen molar-refractivity contribution < 1.29 is 9.21 Å². The van der Waals surface area contributed by atoms with E-state index in [4.69, 9.17) is 10.8 Å². The number of hydrogen-bond acceptors (Lipinski definition) is 3. The second-order valence-corrected chi connectivity index (χ2v) is 3.42. The first-order chi connectivity index (χ1) is 7.74. The quantitative estimate of drug-likeness (QED) is 0.705. The standard InChI is InChI=1S/C12H16N2O2/c1-3-7-14-12(15)6-8-13-10(2)11-5-4-9-16-11/h1,4-5,9-10,13H,6-8H2,2H3,(H,14,15). The normalized spacial score (nSPS) is 11.8. The first-order valence-electron chi connectivity index (χ1n) is 5.21. The Hall–Kier alpha value is -1.73. The molecule has 1 rings (SSSR count). The Morgan fingerprint density at radius 1 is 1.69 bits per heavy atom. The molecule has 0 saturated carbocycles. The van der Waals surface area contributed by atoms with Crippen molar-refractivity contribution >= 4 is 5.91 Å². The number of nitrogens with one attached hydrogen (secondary N) is 2. The number of carbonyl (C=O) groups is 1. The van der Waals surface area contributed by atoms with Gasteiger partial charge in [-0.25, -0.2) is 0 Å². The third kappa shape index (κ3) is 4.20. The molecule has 4 nitrogen and oxygen atoms in total. The molecular weight excluding hydrogens is 204 g/mol. The first-order valence-corrected chi connectivity index (χ1v) is 5.21. The summed E-state index contributed by atoms with van der Waals surface area (Å²) in [5, 5.41) is 5.79. The lowest BCUT2D eigenvalue weighted by molar-refractivity contribution is -0.120. The van der Waals surface area contributed by atoms with Crippen LogP contribution in [0.15, 0.2) is 22.8 Å². The summed E-state index contributed by atoms with van der Waals surface area (Å²) in [7, 11) is 0. The summed E-state index contributed by atoms with van der Waals surface area (Å²) in [6.45, 7) is 2.86. The van der Waals surface area contributed by atoms with E-state index in [0.717, 1.165) is 5.76 Å². The highest BCUT2D eigenvalue weighted by molar-refractivity contribution is 5.76. The fourth-order valence-electron chi connectivity index (χ4n) is 1.28. The van der Waals surface area contributed by atoms with Gasteiger partial charge in [-0.1, -0.05) is 5.92 Å². The summed E-state index contributed by atoms with van der Waals surface area (Å²) in [5.74, 6) is 3.17. The van der Waals surface area contributed by atoms with Crippen molar-refractivity contribution in [2.45, 2.75) is 19.4 Å². The van der Waals surface area contributed by atoms with Crippen molar-refractivity contribution in [1.82, 2.24) is 10.6 Å². The van der Waals surface area contributed by atoms with E-state index in [-0.39, 0.29) is 18.5 Å². The third-order valence-electron chi connectivity index (χ3n) is 2.16. The number of carbonyl (C=O) groups excluding carboxylic acids is 1. The van der Waals surface area contributed by atoms with Crippen molar-refractivity contribution in [2.75, 3.05) is 13.1 Å². The van der Waals surface area contributed by atoms with Crippen molar-refractivity contribution in [3.63, 3.8) is 0 Å². The topological polar surface area (TPSA) is 54.3 Å². The van der Waals surface area contributed by atoms with E-state index in [1.165, 1.54) is 0 Å². The van der Waals surface area contributed by atoms with Crippen LogP contribution in [0.2, 0.25) is 0 Å². The van der Waals surface area contributed by atoms with Crippen LogP contribution < -0.4 is 10.6 Å². The van der Waals surface area contributed by atoms with Crippen molar-refractivity contribution in [2.24, 2.45) is 0 Å². The summed E-state index contributed by atoms with van der Waals surface area (Å²) in [5.41, 5.74) is 0. The van der Waals surface area contributed by atoms with Crippen molar-refractivity contribution in [3.05, 3.63) is 24.2 Å². The van der Waals surface area contributed by atoms with Crippen LogP contribution in [0.1, 0.15) is 25.1 Å². The van der Waals surface area contributed by atoms with Crippen molar-refractivity contribution in [1.29, 1.82) is 0 Å². The van der Waals surface area contributed by atoms with E-state index in [9.17, 15) is 4.79 Å². The van der Waals surface area contributed by atoms with Gasteiger partial charge in [0.05, 0.1) is 18.8 Å². The molecule has 1 aromatic heterocycles. The number of terminal acetylenes is 1. The summed E-state index contributed by atoms with van der Waals surface area (Å²) in [6, 6.07) is 3.85. The van der Waals surface area contributed by atoms with Gasteiger partial charge in [0.25, 0.3) is 0 Å². The van der Waals surface area contributed by atoms with E-state index < -0.39 is 0 Å². The van der Waals surface area contributed by atoms with Crippen LogP contribution >= 0.6 is 0 Å². The molecular formula is C12H16N2O2. The summed E-state index contributed by atoms with van der Waals surface area (Å²) < 4.78 is 5.23. The van der Waals surface area contributed by atoms with E-state index >= 15 is 0 Å². The molecule has 0 saturated heterocycles. The summed E-state index contributed by atoms with van der Waals surface area (Å²) in [6.07, 6.45) is 7.07. The number of amides is 1. The monoisotopic (exact) mass is 220 g/mol. The van der Waals surface area contributed by atoms with Crippen LogP contribution in [-0.4, -0.2) is 19.0 Å². The summed E-state index contributed by atoms with van der Waals surface area (Å²) >= 11 is 0. The van der Waals surface area contributed by atoms with Gasteiger partial charge >= 0.3 is 0 Å². The maximum Gasteiger partial charge on any atom is 0.222 e.